The first-order valence-corrected chi connectivity index (χ1v) is 14.4. The van der Waals surface area contributed by atoms with Crippen molar-refractivity contribution in [1.29, 1.82) is 0 Å². The van der Waals surface area contributed by atoms with Crippen LogP contribution in [0.2, 0.25) is 0 Å². The lowest BCUT2D eigenvalue weighted by atomic mass is 9.88. The summed E-state index contributed by atoms with van der Waals surface area (Å²) in [6.45, 7) is 6.16. The summed E-state index contributed by atoms with van der Waals surface area (Å²) in [7, 11) is 0. The van der Waals surface area contributed by atoms with Crippen molar-refractivity contribution in [3.63, 3.8) is 0 Å². The predicted octanol–water partition coefficient (Wildman–Crippen LogP) is 6.95. The number of esters is 1. The highest BCUT2D eigenvalue weighted by molar-refractivity contribution is 8.00. The largest absolute Gasteiger partial charge is 0.462 e. The van der Waals surface area contributed by atoms with E-state index >= 15 is 0 Å². The third-order valence-corrected chi connectivity index (χ3v) is 8.91. The molecule has 0 fully saturated rings. The Morgan fingerprint density at radius 1 is 1.13 bits per heavy atom. The van der Waals surface area contributed by atoms with Gasteiger partial charge in [0.15, 0.2) is 0 Å². The van der Waals surface area contributed by atoms with E-state index in [1.165, 1.54) is 41.3 Å². The van der Waals surface area contributed by atoms with Crippen molar-refractivity contribution in [2.75, 3.05) is 17.2 Å². The summed E-state index contributed by atoms with van der Waals surface area (Å²) in [5.41, 5.74) is 1.95. The van der Waals surface area contributed by atoms with Crippen LogP contribution in [0.5, 0.6) is 0 Å². The van der Waals surface area contributed by atoms with Gasteiger partial charge in [-0.1, -0.05) is 32.0 Å². The van der Waals surface area contributed by atoms with Crippen LogP contribution >= 0.6 is 23.1 Å². The van der Waals surface area contributed by atoms with Gasteiger partial charge in [0, 0.05) is 15.5 Å². The number of halogens is 1. The fourth-order valence-electron chi connectivity index (χ4n) is 4.43. The average Bonchev–Trinajstić information content (AvgIpc) is 3.24. The number of ether oxygens (including phenoxy) is 1. The van der Waals surface area contributed by atoms with E-state index in [4.69, 9.17) is 4.74 Å². The summed E-state index contributed by atoms with van der Waals surface area (Å²) in [6.07, 6.45) is 3.24. The van der Waals surface area contributed by atoms with Gasteiger partial charge in [0.05, 0.1) is 23.0 Å². The van der Waals surface area contributed by atoms with Crippen molar-refractivity contribution < 1.29 is 23.5 Å². The highest BCUT2D eigenvalue weighted by Gasteiger charge is 2.30. The zero-order valence-corrected chi connectivity index (χ0v) is 23.3. The van der Waals surface area contributed by atoms with Gasteiger partial charge in [0.1, 0.15) is 10.8 Å². The Kier molecular flexibility index (Phi) is 9.22. The summed E-state index contributed by atoms with van der Waals surface area (Å²) in [6, 6.07) is 12.9. The first-order chi connectivity index (χ1) is 18.3. The molecule has 2 aromatic carbocycles. The number of hydrogen-bond acceptors (Lipinski definition) is 6. The number of nitrogens with one attached hydrogen (secondary N) is 2. The molecule has 2 atom stereocenters. The quantitative estimate of drug-likeness (QED) is 0.221. The van der Waals surface area contributed by atoms with E-state index in [-0.39, 0.29) is 18.1 Å². The van der Waals surface area contributed by atoms with Crippen LogP contribution in [0, 0.1) is 11.7 Å². The van der Waals surface area contributed by atoms with Gasteiger partial charge in [-0.3, -0.25) is 9.59 Å². The minimum Gasteiger partial charge on any atom is -0.462 e. The number of amides is 2. The molecule has 4 rings (SSSR count). The van der Waals surface area contributed by atoms with Crippen LogP contribution in [-0.2, 0) is 22.4 Å². The number of carbonyl (C=O) groups is 3. The molecular weight excluding hydrogens is 523 g/mol. The number of anilines is 2. The van der Waals surface area contributed by atoms with Crippen LogP contribution in [0.3, 0.4) is 0 Å². The second kappa shape index (κ2) is 12.6. The van der Waals surface area contributed by atoms with Crippen LogP contribution in [0.25, 0.3) is 0 Å². The van der Waals surface area contributed by atoms with E-state index in [0.717, 1.165) is 34.6 Å². The highest BCUT2D eigenvalue weighted by atomic mass is 32.2. The lowest BCUT2D eigenvalue weighted by Gasteiger charge is -2.18. The number of carbonyl (C=O) groups excluding carboxylic acids is 3. The van der Waals surface area contributed by atoms with Gasteiger partial charge in [-0.15, -0.1) is 23.1 Å². The molecule has 9 heteroatoms. The third kappa shape index (κ3) is 6.45. The number of fused-ring (bicyclic) bond motifs is 1. The first-order valence-electron chi connectivity index (χ1n) is 12.8. The van der Waals surface area contributed by atoms with E-state index in [0.29, 0.717) is 28.6 Å². The summed E-state index contributed by atoms with van der Waals surface area (Å²) in [5, 5.41) is 5.86. The predicted molar refractivity (Wildman–Crippen MR) is 151 cm³/mol. The topological polar surface area (TPSA) is 84.5 Å². The van der Waals surface area contributed by atoms with Gasteiger partial charge in [-0.25, -0.2) is 9.18 Å². The zero-order valence-electron chi connectivity index (χ0n) is 21.6. The second-order valence-corrected chi connectivity index (χ2v) is 11.6. The molecule has 1 heterocycles. The minimum absolute atomic E-state index is 0.0400. The SMILES string of the molecule is CCOC(=O)c1c(NC(=O)C(CC)Sc2cccc(NC(=O)c3ccccc3F)c2)sc2c1CCC(C)C2. The Labute approximate surface area is 230 Å². The summed E-state index contributed by atoms with van der Waals surface area (Å²) >= 11 is 2.84. The van der Waals surface area contributed by atoms with Crippen LogP contribution in [-0.4, -0.2) is 29.6 Å². The Bertz CT molecular complexity index is 1340. The van der Waals surface area contributed by atoms with Gasteiger partial charge in [-0.2, -0.15) is 0 Å². The number of rotatable bonds is 9. The molecule has 0 saturated heterocycles. The van der Waals surface area contributed by atoms with E-state index in [9.17, 15) is 18.8 Å². The Morgan fingerprint density at radius 3 is 2.66 bits per heavy atom. The second-order valence-electron chi connectivity index (χ2n) is 9.24. The Morgan fingerprint density at radius 2 is 1.92 bits per heavy atom. The van der Waals surface area contributed by atoms with Gasteiger partial charge >= 0.3 is 5.97 Å². The molecule has 2 N–H and O–H groups in total. The molecule has 0 saturated carbocycles. The minimum atomic E-state index is -0.592. The van der Waals surface area contributed by atoms with Crippen LogP contribution in [0.1, 0.15) is 64.8 Å². The summed E-state index contributed by atoms with van der Waals surface area (Å²) < 4.78 is 19.3. The average molecular weight is 555 g/mol. The molecular formula is C29H31FN2O4S2. The molecule has 6 nitrogen and oxygen atoms in total. The number of thioether (sulfide) groups is 1. The van der Waals surface area contributed by atoms with Gasteiger partial charge in [0.25, 0.3) is 5.91 Å². The van der Waals surface area contributed by atoms with Gasteiger partial charge < -0.3 is 15.4 Å². The van der Waals surface area contributed by atoms with Crippen molar-refractivity contribution in [2.45, 2.75) is 56.6 Å². The molecule has 2 unspecified atom stereocenters. The van der Waals surface area contributed by atoms with E-state index in [1.54, 1.807) is 31.2 Å². The maximum Gasteiger partial charge on any atom is 0.341 e. The maximum atomic E-state index is 14.0. The molecule has 1 aromatic heterocycles. The molecule has 1 aliphatic carbocycles. The number of hydrogen-bond donors (Lipinski definition) is 2. The lowest BCUT2D eigenvalue weighted by molar-refractivity contribution is -0.115. The van der Waals surface area contributed by atoms with Crippen LogP contribution < -0.4 is 10.6 Å². The monoisotopic (exact) mass is 554 g/mol. The first kappa shape index (κ1) is 27.9. The van der Waals surface area contributed by atoms with Crippen molar-refractivity contribution in [1.82, 2.24) is 0 Å². The van der Waals surface area contributed by atoms with Crippen LogP contribution in [0.15, 0.2) is 53.4 Å². The van der Waals surface area contributed by atoms with Crippen molar-refractivity contribution in [2.24, 2.45) is 5.92 Å². The molecule has 38 heavy (non-hydrogen) atoms. The lowest BCUT2D eigenvalue weighted by Crippen LogP contribution is -2.25. The van der Waals surface area contributed by atoms with E-state index in [1.807, 2.05) is 13.0 Å². The van der Waals surface area contributed by atoms with Crippen LogP contribution in [0.4, 0.5) is 15.1 Å². The molecule has 1 aliphatic rings. The molecule has 3 aromatic rings. The summed E-state index contributed by atoms with van der Waals surface area (Å²) in [4.78, 5) is 40.6. The molecule has 0 spiro atoms. The fraction of sp³-hybridized carbons (Fsp3) is 0.345. The third-order valence-electron chi connectivity index (χ3n) is 6.38. The Hall–Kier alpha value is -3.17. The van der Waals surface area contributed by atoms with Gasteiger partial charge in [0.2, 0.25) is 5.91 Å². The zero-order chi connectivity index (χ0) is 27.2. The standard InChI is InChI=1S/C29H31FN2O4S2/c1-4-23(37-19-10-8-9-18(16-19)31-26(33)20-11-6-7-12-22(20)30)27(34)32-28-25(29(35)36-5-2)21-14-13-17(3)15-24(21)38-28/h6-12,16-17,23H,4-5,13-15H2,1-3H3,(H,31,33)(H,32,34). The maximum absolute atomic E-state index is 14.0. The molecule has 0 aliphatic heterocycles. The molecule has 200 valence electrons. The molecule has 0 radical (unpaired) electrons. The fourth-order valence-corrected chi connectivity index (χ4v) is 6.84. The number of benzene rings is 2. The van der Waals surface area contributed by atoms with E-state index in [2.05, 4.69) is 17.6 Å². The summed E-state index contributed by atoms with van der Waals surface area (Å²) in [5.74, 6) is -1.20. The smallest absolute Gasteiger partial charge is 0.341 e. The normalized spacial score (nSPS) is 15.3. The van der Waals surface area contributed by atoms with Crippen molar-refractivity contribution in [3.8, 4) is 0 Å². The number of thiophene rings is 1. The van der Waals surface area contributed by atoms with Crippen molar-refractivity contribution in [3.05, 3.63) is 75.9 Å². The van der Waals surface area contributed by atoms with Crippen molar-refractivity contribution >= 4 is 51.6 Å². The van der Waals surface area contributed by atoms with Gasteiger partial charge in [-0.05, 0) is 74.4 Å². The highest BCUT2D eigenvalue weighted by Crippen LogP contribution is 2.40. The molecule has 2 amide bonds. The molecule has 0 bridgehead atoms. The van der Waals surface area contributed by atoms with E-state index < -0.39 is 22.9 Å². The Balaban J connectivity index is 1.49.